The van der Waals surface area contributed by atoms with Gasteiger partial charge in [-0.25, -0.2) is 0 Å². The number of hydrogen-bond acceptors (Lipinski definition) is 4. The second-order valence-corrected chi connectivity index (χ2v) is 6.14. The van der Waals surface area contributed by atoms with Gasteiger partial charge in [-0.05, 0) is 25.1 Å². The molecule has 1 aliphatic rings. The molecular formula is C17H27N3O2. The minimum atomic E-state index is -0.448. The molecule has 0 aliphatic carbocycles. The van der Waals surface area contributed by atoms with E-state index in [0.29, 0.717) is 13.1 Å². The number of aliphatic hydroxyl groups is 1. The summed E-state index contributed by atoms with van der Waals surface area (Å²) in [6, 6.07) is 9.79. The first kappa shape index (κ1) is 16.9. The summed E-state index contributed by atoms with van der Waals surface area (Å²) in [4.78, 5) is 17.9. The predicted octanol–water partition coefficient (Wildman–Crippen LogP) is 0.816. The van der Waals surface area contributed by atoms with Gasteiger partial charge >= 0.3 is 0 Å². The maximum absolute atomic E-state index is 11.8. The molecule has 1 heterocycles. The number of nitrogens with zero attached hydrogens (tertiary/aromatic N) is 3. The lowest BCUT2D eigenvalue weighted by molar-refractivity contribution is -0.129. The van der Waals surface area contributed by atoms with Crippen LogP contribution in [0.15, 0.2) is 30.3 Å². The van der Waals surface area contributed by atoms with Crippen molar-refractivity contribution in [2.24, 2.45) is 0 Å². The van der Waals surface area contributed by atoms with Crippen LogP contribution in [-0.4, -0.2) is 79.1 Å². The molecule has 1 amide bonds. The SMILES string of the molecule is CN(C)C(=O)CN1CCCN(CC(O)c2ccccc2)CC1. The number of carbonyl (C=O) groups is 1. The summed E-state index contributed by atoms with van der Waals surface area (Å²) in [5.74, 6) is 0.151. The van der Waals surface area contributed by atoms with Gasteiger partial charge in [0.1, 0.15) is 0 Å². The lowest BCUT2D eigenvalue weighted by atomic mass is 10.1. The molecule has 22 heavy (non-hydrogen) atoms. The quantitative estimate of drug-likeness (QED) is 0.875. The van der Waals surface area contributed by atoms with Crippen molar-refractivity contribution in [1.82, 2.24) is 14.7 Å². The highest BCUT2D eigenvalue weighted by atomic mass is 16.3. The van der Waals surface area contributed by atoms with Gasteiger partial charge in [0, 0.05) is 33.7 Å². The molecule has 122 valence electrons. The summed E-state index contributed by atoms with van der Waals surface area (Å²) in [6.07, 6.45) is 0.582. The van der Waals surface area contributed by atoms with E-state index >= 15 is 0 Å². The number of aliphatic hydroxyl groups excluding tert-OH is 1. The van der Waals surface area contributed by atoms with E-state index < -0.39 is 6.10 Å². The third kappa shape index (κ3) is 5.09. The number of hydrogen-bond donors (Lipinski definition) is 1. The van der Waals surface area contributed by atoms with Gasteiger partial charge in [-0.2, -0.15) is 0 Å². The van der Waals surface area contributed by atoms with Crippen LogP contribution in [0.1, 0.15) is 18.1 Å². The summed E-state index contributed by atoms with van der Waals surface area (Å²) in [5, 5.41) is 10.3. The van der Waals surface area contributed by atoms with Crippen molar-refractivity contribution in [1.29, 1.82) is 0 Å². The van der Waals surface area contributed by atoms with Crippen molar-refractivity contribution in [3.8, 4) is 0 Å². The zero-order valence-corrected chi connectivity index (χ0v) is 13.6. The Balaban J connectivity index is 1.81. The summed E-state index contributed by atoms with van der Waals surface area (Å²) in [5.41, 5.74) is 0.964. The van der Waals surface area contributed by atoms with Crippen molar-refractivity contribution in [2.75, 3.05) is 53.4 Å². The monoisotopic (exact) mass is 305 g/mol. The molecule has 0 saturated carbocycles. The molecule has 1 N–H and O–H groups in total. The molecule has 0 bridgehead atoms. The highest BCUT2D eigenvalue weighted by Gasteiger charge is 2.19. The van der Waals surface area contributed by atoms with Crippen LogP contribution in [0.2, 0.25) is 0 Å². The molecule has 0 radical (unpaired) electrons. The predicted molar refractivity (Wildman–Crippen MR) is 87.6 cm³/mol. The summed E-state index contributed by atoms with van der Waals surface area (Å²) >= 11 is 0. The third-order valence-corrected chi connectivity index (χ3v) is 4.15. The van der Waals surface area contributed by atoms with Crippen LogP contribution < -0.4 is 0 Å². The van der Waals surface area contributed by atoms with E-state index in [1.807, 2.05) is 30.3 Å². The molecule has 1 unspecified atom stereocenters. The zero-order valence-electron chi connectivity index (χ0n) is 13.6. The average Bonchev–Trinajstić information content (AvgIpc) is 2.73. The molecule has 1 aliphatic heterocycles. The van der Waals surface area contributed by atoms with Gasteiger partial charge in [-0.15, -0.1) is 0 Å². The van der Waals surface area contributed by atoms with E-state index in [4.69, 9.17) is 0 Å². The minimum absolute atomic E-state index is 0.151. The summed E-state index contributed by atoms with van der Waals surface area (Å²) in [7, 11) is 3.59. The van der Waals surface area contributed by atoms with Crippen LogP contribution in [-0.2, 0) is 4.79 Å². The minimum Gasteiger partial charge on any atom is -0.387 e. The average molecular weight is 305 g/mol. The van der Waals surface area contributed by atoms with Crippen molar-refractivity contribution in [2.45, 2.75) is 12.5 Å². The molecule has 0 aromatic heterocycles. The van der Waals surface area contributed by atoms with E-state index in [9.17, 15) is 9.90 Å². The topological polar surface area (TPSA) is 47.0 Å². The van der Waals surface area contributed by atoms with Crippen LogP contribution >= 0.6 is 0 Å². The van der Waals surface area contributed by atoms with E-state index in [1.54, 1.807) is 19.0 Å². The Morgan fingerprint density at radius 3 is 2.45 bits per heavy atom. The molecule has 5 heteroatoms. The lowest BCUT2D eigenvalue weighted by Gasteiger charge is -2.24. The standard InChI is InChI=1S/C17H27N3O2/c1-18(2)17(22)14-20-10-6-9-19(11-12-20)13-16(21)15-7-4-3-5-8-15/h3-5,7-8,16,21H,6,9-14H2,1-2H3. The van der Waals surface area contributed by atoms with Crippen molar-refractivity contribution < 1.29 is 9.90 Å². The summed E-state index contributed by atoms with van der Waals surface area (Å²) < 4.78 is 0. The number of rotatable bonds is 5. The number of benzene rings is 1. The van der Waals surface area contributed by atoms with Gasteiger partial charge in [-0.1, -0.05) is 30.3 Å². The van der Waals surface area contributed by atoms with Gasteiger partial charge < -0.3 is 10.0 Å². The molecule has 5 nitrogen and oxygen atoms in total. The van der Waals surface area contributed by atoms with Crippen molar-refractivity contribution >= 4 is 5.91 Å². The Morgan fingerprint density at radius 1 is 1.14 bits per heavy atom. The Bertz CT molecular complexity index is 464. The van der Waals surface area contributed by atoms with E-state index in [1.165, 1.54) is 0 Å². The van der Waals surface area contributed by atoms with E-state index in [2.05, 4.69) is 9.80 Å². The van der Waals surface area contributed by atoms with Crippen LogP contribution in [0.5, 0.6) is 0 Å². The fraction of sp³-hybridized carbons (Fsp3) is 0.588. The number of likely N-dealkylation sites (N-methyl/N-ethyl adjacent to an activating group) is 1. The first-order chi connectivity index (χ1) is 10.6. The van der Waals surface area contributed by atoms with Crippen molar-refractivity contribution in [3.63, 3.8) is 0 Å². The molecule has 1 atom stereocenters. The lowest BCUT2D eigenvalue weighted by Crippen LogP contribution is -2.39. The largest absolute Gasteiger partial charge is 0.387 e. The van der Waals surface area contributed by atoms with Gasteiger partial charge in [0.25, 0.3) is 0 Å². The number of β-amino-alcohol motifs (C(OH)–C–C–N with tert-alkyl or cyclic N) is 1. The third-order valence-electron chi connectivity index (χ3n) is 4.15. The fourth-order valence-electron chi connectivity index (χ4n) is 2.72. The van der Waals surface area contributed by atoms with Gasteiger partial charge in [0.15, 0.2) is 0 Å². The summed E-state index contributed by atoms with van der Waals surface area (Å²) in [6.45, 7) is 4.82. The highest BCUT2D eigenvalue weighted by Crippen LogP contribution is 2.15. The molecule has 2 rings (SSSR count). The first-order valence-corrected chi connectivity index (χ1v) is 7.94. The first-order valence-electron chi connectivity index (χ1n) is 7.94. The molecule has 1 fully saturated rings. The number of amides is 1. The zero-order chi connectivity index (χ0) is 15.9. The maximum atomic E-state index is 11.8. The molecule has 1 aromatic carbocycles. The normalized spacial score (nSPS) is 18.7. The highest BCUT2D eigenvalue weighted by molar-refractivity contribution is 5.77. The Morgan fingerprint density at radius 2 is 1.77 bits per heavy atom. The second kappa shape index (κ2) is 8.27. The van der Waals surface area contributed by atoms with Crippen molar-refractivity contribution in [3.05, 3.63) is 35.9 Å². The Labute approximate surface area is 133 Å². The smallest absolute Gasteiger partial charge is 0.236 e. The van der Waals surface area contributed by atoms with E-state index in [0.717, 1.165) is 38.2 Å². The second-order valence-electron chi connectivity index (χ2n) is 6.14. The molecule has 1 saturated heterocycles. The van der Waals surface area contributed by atoms with Crippen LogP contribution in [0.3, 0.4) is 0 Å². The molecular weight excluding hydrogens is 278 g/mol. The Kier molecular flexibility index (Phi) is 6.36. The fourth-order valence-corrected chi connectivity index (χ4v) is 2.72. The Hall–Kier alpha value is -1.43. The van der Waals surface area contributed by atoms with Gasteiger partial charge in [-0.3, -0.25) is 14.6 Å². The van der Waals surface area contributed by atoms with Crippen LogP contribution in [0.4, 0.5) is 0 Å². The van der Waals surface area contributed by atoms with Crippen LogP contribution in [0, 0.1) is 0 Å². The van der Waals surface area contributed by atoms with Gasteiger partial charge in [0.05, 0.1) is 12.6 Å². The number of carbonyl (C=O) groups excluding carboxylic acids is 1. The van der Waals surface area contributed by atoms with Gasteiger partial charge in [0.2, 0.25) is 5.91 Å². The van der Waals surface area contributed by atoms with E-state index in [-0.39, 0.29) is 5.91 Å². The molecule has 1 aromatic rings. The van der Waals surface area contributed by atoms with Crippen LogP contribution in [0.25, 0.3) is 0 Å². The molecule has 0 spiro atoms. The maximum Gasteiger partial charge on any atom is 0.236 e.